The minimum Gasteiger partial charge on any atom is -0.382 e. The summed E-state index contributed by atoms with van der Waals surface area (Å²) >= 11 is 3.43. The highest BCUT2D eigenvalue weighted by atomic mass is 79.9. The van der Waals surface area contributed by atoms with E-state index in [1.807, 2.05) is 18.2 Å². The molecule has 3 nitrogen and oxygen atoms in total. The fourth-order valence-electron chi connectivity index (χ4n) is 1.32. The van der Waals surface area contributed by atoms with Gasteiger partial charge in [0.1, 0.15) is 5.82 Å². The topological polar surface area (TPSA) is 51.8 Å². The molecular weight excluding hydrogens is 254 g/mol. The Balaban J connectivity index is 2.18. The van der Waals surface area contributed by atoms with E-state index in [9.17, 15) is 0 Å². The predicted molar refractivity (Wildman–Crippen MR) is 63.4 cm³/mol. The SMILES string of the molecule is Nc1ccc(Cc2cccc(Br)c2)nn1. The number of halogens is 1. The lowest BCUT2D eigenvalue weighted by Gasteiger charge is -2.01. The van der Waals surface area contributed by atoms with E-state index in [2.05, 4.69) is 38.3 Å². The summed E-state index contributed by atoms with van der Waals surface area (Å²) < 4.78 is 1.07. The number of nitrogens with two attached hydrogens (primary N) is 1. The zero-order valence-electron chi connectivity index (χ0n) is 8.02. The molecule has 1 aromatic carbocycles. The van der Waals surface area contributed by atoms with Crippen LogP contribution in [0.4, 0.5) is 5.82 Å². The second kappa shape index (κ2) is 4.40. The highest BCUT2D eigenvalue weighted by molar-refractivity contribution is 9.10. The number of hydrogen-bond acceptors (Lipinski definition) is 3. The molecule has 0 bridgehead atoms. The lowest BCUT2D eigenvalue weighted by atomic mass is 10.1. The van der Waals surface area contributed by atoms with E-state index in [1.54, 1.807) is 6.07 Å². The molecule has 0 amide bonds. The van der Waals surface area contributed by atoms with E-state index in [4.69, 9.17) is 5.73 Å². The Morgan fingerprint density at radius 3 is 2.67 bits per heavy atom. The van der Waals surface area contributed by atoms with Crippen molar-refractivity contribution in [2.24, 2.45) is 0 Å². The van der Waals surface area contributed by atoms with Crippen molar-refractivity contribution >= 4 is 21.7 Å². The van der Waals surface area contributed by atoms with Gasteiger partial charge >= 0.3 is 0 Å². The summed E-state index contributed by atoms with van der Waals surface area (Å²) in [5.41, 5.74) is 7.58. The van der Waals surface area contributed by atoms with Gasteiger partial charge < -0.3 is 5.73 Å². The number of nitrogens with zero attached hydrogens (tertiary/aromatic N) is 2. The molecule has 15 heavy (non-hydrogen) atoms. The first kappa shape index (κ1) is 10.1. The summed E-state index contributed by atoms with van der Waals surface area (Å²) in [5.74, 6) is 0.452. The molecule has 2 N–H and O–H groups in total. The molecular formula is C11H10BrN3. The molecule has 0 aliphatic carbocycles. The van der Waals surface area contributed by atoms with E-state index in [-0.39, 0.29) is 0 Å². The average Bonchev–Trinajstić information content (AvgIpc) is 2.22. The van der Waals surface area contributed by atoms with E-state index in [0.29, 0.717) is 5.82 Å². The van der Waals surface area contributed by atoms with Crippen molar-refractivity contribution in [1.29, 1.82) is 0 Å². The first-order valence-electron chi connectivity index (χ1n) is 4.56. The fraction of sp³-hybridized carbons (Fsp3) is 0.0909. The fourth-order valence-corrected chi connectivity index (χ4v) is 1.77. The van der Waals surface area contributed by atoms with Crippen molar-refractivity contribution in [2.45, 2.75) is 6.42 Å². The van der Waals surface area contributed by atoms with Crippen LogP contribution in [0, 0.1) is 0 Å². The van der Waals surface area contributed by atoms with Gasteiger partial charge in [0.15, 0.2) is 0 Å². The molecule has 0 aliphatic heterocycles. The van der Waals surface area contributed by atoms with Gasteiger partial charge in [0.25, 0.3) is 0 Å². The Kier molecular flexibility index (Phi) is 2.97. The second-order valence-corrected chi connectivity index (χ2v) is 4.17. The standard InChI is InChI=1S/C11H10BrN3/c12-9-3-1-2-8(6-9)7-10-4-5-11(13)15-14-10/h1-6H,7H2,(H2,13,15). The van der Waals surface area contributed by atoms with Crippen LogP contribution in [0.1, 0.15) is 11.3 Å². The smallest absolute Gasteiger partial charge is 0.146 e. The Labute approximate surface area is 96.5 Å². The largest absolute Gasteiger partial charge is 0.382 e. The molecule has 4 heteroatoms. The maximum Gasteiger partial charge on any atom is 0.146 e. The number of hydrogen-bond donors (Lipinski definition) is 1. The third-order valence-corrected chi connectivity index (χ3v) is 2.51. The van der Waals surface area contributed by atoms with Gasteiger partial charge in [0.2, 0.25) is 0 Å². The van der Waals surface area contributed by atoms with Gasteiger partial charge in [-0.05, 0) is 29.8 Å². The Hall–Kier alpha value is -1.42. The van der Waals surface area contributed by atoms with Crippen LogP contribution < -0.4 is 5.73 Å². The normalized spacial score (nSPS) is 10.2. The number of rotatable bonds is 2. The van der Waals surface area contributed by atoms with Gasteiger partial charge in [-0.1, -0.05) is 28.1 Å². The first-order chi connectivity index (χ1) is 7.24. The van der Waals surface area contributed by atoms with Crippen LogP contribution >= 0.6 is 15.9 Å². The van der Waals surface area contributed by atoms with Gasteiger partial charge in [-0.2, -0.15) is 5.10 Å². The van der Waals surface area contributed by atoms with Gasteiger partial charge in [-0.25, -0.2) is 0 Å². The highest BCUT2D eigenvalue weighted by Crippen LogP contribution is 2.14. The zero-order chi connectivity index (χ0) is 10.7. The maximum atomic E-state index is 5.46. The molecule has 0 fully saturated rings. The van der Waals surface area contributed by atoms with Crippen LogP contribution in [-0.4, -0.2) is 10.2 Å². The van der Waals surface area contributed by atoms with Crippen LogP contribution in [0.15, 0.2) is 40.9 Å². The minimum atomic E-state index is 0.452. The number of benzene rings is 1. The Bertz CT molecular complexity index is 454. The van der Waals surface area contributed by atoms with Crippen molar-refractivity contribution in [1.82, 2.24) is 10.2 Å². The average molecular weight is 264 g/mol. The summed E-state index contributed by atoms with van der Waals surface area (Å²) in [5, 5.41) is 7.83. The van der Waals surface area contributed by atoms with Crippen molar-refractivity contribution in [3.05, 3.63) is 52.1 Å². The van der Waals surface area contributed by atoms with Gasteiger partial charge in [0.05, 0.1) is 5.69 Å². The summed E-state index contributed by atoms with van der Waals surface area (Å²) in [7, 11) is 0. The van der Waals surface area contributed by atoms with E-state index in [0.717, 1.165) is 16.6 Å². The number of aromatic nitrogens is 2. The van der Waals surface area contributed by atoms with Gasteiger partial charge in [-0.3, -0.25) is 0 Å². The lowest BCUT2D eigenvalue weighted by Crippen LogP contribution is -1.97. The van der Waals surface area contributed by atoms with Crippen molar-refractivity contribution < 1.29 is 0 Å². The van der Waals surface area contributed by atoms with Crippen molar-refractivity contribution in [3.8, 4) is 0 Å². The third-order valence-electron chi connectivity index (χ3n) is 2.01. The van der Waals surface area contributed by atoms with Crippen LogP contribution in [0.2, 0.25) is 0 Å². The van der Waals surface area contributed by atoms with Crippen LogP contribution in [0.3, 0.4) is 0 Å². The molecule has 0 radical (unpaired) electrons. The molecule has 1 aromatic heterocycles. The molecule has 0 unspecified atom stereocenters. The Morgan fingerprint density at radius 2 is 2.00 bits per heavy atom. The van der Waals surface area contributed by atoms with Crippen LogP contribution in [-0.2, 0) is 6.42 Å². The monoisotopic (exact) mass is 263 g/mol. The quantitative estimate of drug-likeness (QED) is 0.906. The molecule has 0 atom stereocenters. The molecule has 0 saturated heterocycles. The van der Waals surface area contributed by atoms with Crippen LogP contribution in [0.25, 0.3) is 0 Å². The first-order valence-corrected chi connectivity index (χ1v) is 5.36. The van der Waals surface area contributed by atoms with Gasteiger partial charge in [-0.15, -0.1) is 5.10 Å². The minimum absolute atomic E-state index is 0.452. The third kappa shape index (κ3) is 2.76. The van der Waals surface area contributed by atoms with E-state index in [1.165, 1.54) is 5.56 Å². The van der Waals surface area contributed by atoms with Crippen molar-refractivity contribution in [2.75, 3.05) is 5.73 Å². The highest BCUT2D eigenvalue weighted by Gasteiger charge is 1.98. The summed E-state index contributed by atoms with van der Waals surface area (Å²) in [4.78, 5) is 0. The maximum absolute atomic E-state index is 5.46. The van der Waals surface area contributed by atoms with E-state index >= 15 is 0 Å². The number of anilines is 1. The molecule has 0 aliphatic rings. The number of nitrogen functional groups attached to an aromatic ring is 1. The van der Waals surface area contributed by atoms with Crippen molar-refractivity contribution in [3.63, 3.8) is 0 Å². The molecule has 0 saturated carbocycles. The van der Waals surface area contributed by atoms with Gasteiger partial charge in [0, 0.05) is 10.9 Å². The molecule has 1 heterocycles. The predicted octanol–water partition coefficient (Wildman–Crippen LogP) is 2.41. The molecule has 2 aromatic rings. The summed E-state index contributed by atoms with van der Waals surface area (Å²) in [6, 6.07) is 11.8. The Morgan fingerprint density at radius 1 is 1.13 bits per heavy atom. The lowest BCUT2D eigenvalue weighted by molar-refractivity contribution is 0.944. The second-order valence-electron chi connectivity index (χ2n) is 3.26. The zero-order valence-corrected chi connectivity index (χ0v) is 9.61. The van der Waals surface area contributed by atoms with E-state index < -0.39 is 0 Å². The molecule has 0 spiro atoms. The summed E-state index contributed by atoms with van der Waals surface area (Å²) in [6.45, 7) is 0. The molecule has 76 valence electrons. The summed E-state index contributed by atoms with van der Waals surface area (Å²) in [6.07, 6.45) is 0.771. The van der Waals surface area contributed by atoms with Crippen LogP contribution in [0.5, 0.6) is 0 Å². The molecule has 2 rings (SSSR count).